The van der Waals surface area contributed by atoms with Gasteiger partial charge in [0.05, 0.1) is 14.2 Å². The summed E-state index contributed by atoms with van der Waals surface area (Å²) < 4.78 is 10.6. The molecule has 5 nitrogen and oxygen atoms in total. The fourth-order valence-corrected chi connectivity index (χ4v) is 3.68. The summed E-state index contributed by atoms with van der Waals surface area (Å²) in [4.78, 5) is 16.1. The van der Waals surface area contributed by atoms with E-state index in [4.69, 9.17) is 9.47 Å². The van der Waals surface area contributed by atoms with Crippen molar-refractivity contribution in [3.8, 4) is 11.5 Å². The summed E-state index contributed by atoms with van der Waals surface area (Å²) in [6, 6.07) is 13.4. The molecule has 1 heterocycles. The van der Waals surface area contributed by atoms with Crippen LogP contribution in [-0.2, 0) is 12.8 Å². The van der Waals surface area contributed by atoms with Crippen LogP contribution in [0.5, 0.6) is 11.5 Å². The number of rotatable bonds is 4. The van der Waals surface area contributed by atoms with Crippen LogP contribution >= 0.6 is 0 Å². The number of methoxy groups -OCH3 is 2. The smallest absolute Gasteiger partial charge is 0.251 e. The highest BCUT2D eigenvalue weighted by atomic mass is 16.5. The van der Waals surface area contributed by atoms with E-state index in [1.54, 1.807) is 20.3 Å². The van der Waals surface area contributed by atoms with E-state index in [2.05, 4.69) is 22.4 Å². The molecule has 4 rings (SSSR count). The van der Waals surface area contributed by atoms with Crippen molar-refractivity contribution in [2.75, 3.05) is 14.2 Å². The van der Waals surface area contributed by atoms with Gasteiger partial charge in [0, 0.05) is 28.2 Å². The first kappa shape index (κ1) is 16.5. The minimum Gasteiger partial charge on any atom is -0.497 e. The maximum atomic E-state index is 12.6. The molecular weight excluding hydrogens is 328 g/mol. The number of hydrogen-bond acceptors (Lipinski definition) is 3. The van der Waals surface area contributed by atoms with Crippen LogP contribution in [0.3, 0.4) is 0 Å². The van der Waals surface area contributed by atoms with Crippen molar-refractivity contribution in [2.45, 2.75) is 25.3 Å². The van der Waals surface area contributed by atoms with Crippen LogP contribution in [0.15, 0.2) is 42.5 Å². The summed E-state index contributed by atoms with van der Waals surface area (Å²) in [5, 5.41) is 4.35. The monoisotopic (exact) mass is 350 g/mol. The van der Waals surface area contributed by atoms with Gasteiger partial charge in [-0.15, -0.1) is 0 Å². The Morgan fingerprint density at radius 2 is 1.92 bits per heavy atom. The molecule has 1 amide bonds. The molecule has 1 atom stereocenters. The molecule has 2 aromatic carbocycles. The van der Waals surface area contributed by atoms with Gasteiger partial charge in [0.25, 0.3) is 5.91 Å². The van der Waals surface area contributed by atoms with E-state index in [0.717, 1.165) is 30.5 Å². The van der Waals surface area contributed by atoms with Crippen molar-refractivity contribution in [1.29, 1.82) is 0 Å². The van der Waals surface area contributed by atoms with Crippen molar-refractivity contribution in [3.05, 3.63) is 59.3 Å². The largest absolute Gasteiger partial charge is 0.497 e. The van der Waals surface area contributed by atoms with E-state index in [0.29, 0.717) is 11.3 Å². The Kier molecular flexibility index (Phi) is 4.29. The van der Waals surface area contributed by atoms with Gasteiger partial charge < -0.3 is 19.8 Å². The number of ether oxygens (including phenoxy) is 2. The van der Waals surface area contributed by atoms with Gasteiger partial charge in [-0.1, -0.05) is 6.07 Å². The first-order chi connectivity index (χ1) is 12.7. The van der Waals surface area contributed by atoms with E-state index in [1.807, 2.05) is 24.3 Å². The summed E-state index contributed by atoms with van der Waals surface area (Å²) in [5.74, 6) is 1.48. The molecule has 5 heteroatoms. The maximum Gasteiger partial charge on any atom is 0.251 e. The Labute approximate surface area is 152 Å². The number of hydrogen-bond donors (Lipinski definition) is 2. The zero-order valence-corrected chi connectivity index (χ0v) is 15.0. The molecule has 0 bridgehead atoms. The molecule has 0 saturated carbocycles. The summed E-state index contributed by atoms with van der Waals surface area (Å²) >= 11 is 0. The van der Waals surface area contributed by atoms with Crippen molar-refractivity contribution in [1.82, 2.24) is 10.3 Å². The minimum absolute atomic E-state index is 0.0604. The molecule has 134 valence electrons. The van der Waals surface area contributed by atoms with Crippen LogP contribution in [0.25, 0.3) is 10.9 Å². The number of aromatic nitrogens is 1. The number of carbonyl (C=O) groups excluding carboxylic acids is 1. The molecule has 0 saturated heterocycles. The fourth-order valence-electron chi connectivity index (χ4n) is 3.68. The predicted octanol–water partition coefficient (Wildman–Crippen LogP) is 3.47. The lowest BCUT2D eigenvalue weighted by molar-refractivity contribution is 0.0933. The van der Waals surface area contributed by atoms with E-state index < -0.39 is 0 Å². The highest BCUT2D eigenvalue weighted by Gasteiger charge is 2.24. The Balaban J connectivity index is 1.55. The second-order valence-corrected chi connectivity index (χ2v) is 6.64. The molecule has 0 spiro atoms. The average molecular weight is 350 g/mol. The molecule has 1 aliphatic carbocycles. The molecule has 0 fully saturated rings. The second-order valence-electron chi connectivity index (χ2n) is 6.64. The number of nitrogens with one attached hydrogen (secondary N) is 2. The van der Waals surface area contributed by atoms with E-state index in [1.165, 1.54) is 16.6 Å². The van der Waals surface area contributed by atoms with Gasteiger partial charge in [0.2, 0.25) is 0 Å². The van der Waals surface area contributed by atoms with Gasteiger partial charge in [-0.25, -0.2) is 0 Å². The summed E-state index contributed by atoms with van der Waals surface area (Å²) in [7, 11) is 3.28. The average Bonchev–Trinajstić information content (AvgIpc) is 3.05. The lowest BCUT2D eigenvalue weighted by atomic mass is 9.91. The molecule has 0 radical (unpaired) electrons. The Morgan fingerprint density at radius 1 is 1.12 bits per heavy atom. The third kappa shape index (κ3) is 3.01. The number of aryl methyl sites for hydroxylation is 1. The van der Waals surface area contributed by atoms with Gasteiger partial charge in [-0.05, 0) is 61.2 Å². The zero-order valence-electron chi connectivity index (χ0n) is 15.0. The fraction of sp³-hybridized carbons (Fsp3) is 0.286. The van der Waals surface area contributed by atoms with Crippen molar-refractivity contribution in [3.63, 3.8) is 0 Å². The summed E-state index contributed by atoms with van der Waals surface area (Å²) in [6.07, 6.45) is 2.67. The highest BCUT2D eigenvalue weighted by molar-refractivity contribution is 5.95. The van der Waals surface area contributed by atoms with E-state index in [9.17, 15) is 4.79 Å². The van der Waals surface area contributed by atoms with Crippen molar-refractivity contribution >= 4 is 16.8 Å². The molecule has 2 N–H and O–H groups in total. The number of H-pyrrole nitrogens is 1. The van der Waals surface area contributed by atoms with Crippen LogP contribution in [0.2, 0.25) is 0 Å². The summed E-state index contributed by atoms with van der Waals surface area (Å²) in [5.41, 5.74) is 4.28. The van der Waals surface area contributed by atoms with Crippen LogP contribution in [-0.4, -0.2) is 31.2 Å². The Hall–Kier alpha value is -2.95. The lowest BCUT2D eigenvalue weighted by Gasteiger charge is -2.24. The first-order valence-corrected chi connectivity index (χ1v) is 8.80. The maximum absolute atomic E-state index is 12.6. The number of amides is 1. The zero-order chi connectivity index (χ0) is 18.1. The van der Waals surface area contributed by atoms with E-state index in [-0.39, 0.29) is 11.9 Å². The van der Waals surface area contributed by atoms with Gasteiger partial charge in [0.1, 0.15) is 11.5 Å². The molecule has 3 aromatic rings. The molecule has 1 unspecified atom stereocenters. The molecular formula is C21H22N2O3. The predicted molar refractivity (Wildman–Crippen MR) is 101 cm³/mol. The van der Waals surface area contributed by atoms with Crippen molar-refractivity contribution < 1.29 is 14.3 Å². The van der Waals surface area contributed by atoms with Gasteiger partial charge in [-0.2, -0.15) is 0 Å². The van der Waals surface area contributed by atoms with E-state index >= 15 is 0 Å². The standard InChI is InChI=1S/C21H22N2O3/c1-25-15-5-3-4-13(10-15)21(24)22-14-6-8-19-17(11-14)18-12-16(26-2)7-9-20(18)23-19/h3-5,7,9-10,12,14,23H,6,8,11H2,1-2H3,(H,22,24). The summed E-state index contributed by atoms with van der Waals surface area (Å²) in [6.45, 7) is 0. The number of fused-ring (bicyclic) bond motifs is 3. The van der Waals surface area contributed by atoms with Crippen LogP contribution in [0, 0.1) is 0 Å². The van der Waals surface area contributed by atoms with Crippen molar-refractivity contribution in [2.24, 2.45) is 0 Å². The topological polar surface area (TPSA) is 63.3 Å². The molecule has 0 aliphatic heterocycles. The third-order valence-electron chi connectivity index (χ3n) is 5.06. The normalized spacial score (nSPS) is 16.2. The lowest BCUT2D eigenvalue weighted by Crippen LogP contribution is -2.38. The van der Waals surface area contributed by atoms with Crippen LogP contribution in [0.4, 0.5) is 0 Å². The quantitative estimate of drug-likeness (QED) is 0.757. The van der Waals surface area contributed by atoms with Gasteiger partial charge in [-0.3, -0.25) is 4.79 Å². The second kappa shape index (κ2) is 6.75. The first-order valence-electron chi connectivity index (χ1n) is 8.80. The van der Waals surface area contributed by atoms with Crippen LogP contribution < -0.4 is 14.8 Å². The SMILES string of the molecule is COc1cccc(C(=O)NC2CCc3[nH]c4ccc(OC)cc4c3C2)c1. The Bertz CT molecular complexity index is 961. The van der Waals surface area contributed by atoms with Crippen LogP contribution in [0.1, 0.15) is 28.0 Å². The Morgan fingerprint density at radius 3 is 2.73 bits per heavy atom. The molecule has 1 aromatic heterocycles. The minimum atomic E-state index is -0.0604. The number of aromatic amines is 1. The van der Waals surface area contributed by atoms with Gasteiger partial charge in [0.15, 0.2) is 0 Å². The molecule has 1 aliphatic rings. The molecule has 26 heavy (non-hydrogen) atoms. The highest BCUT2D eigenvalue weighted by Crippen LogP contribution is 2.31. The van der Waals surface area contributed by atoms with Gasteiger partial charge >= 0.3 is 0 Å². The number of carbonyl (C=O) groups is 1. The number of benzene rings is 2. The third-order valence-corrected chi connectivity index (χ3v) is 5.06.